The average molecular weight is 515 g/mol. The van der Waals surface area contributed by atoms with Crippen molar-refractivity contribution in [2.75, 3.05) is 50.2 Å². The van der Waals surface area contributed by atoms with Gasteiger partial charge in [-0.1, -0.05) is 23.2 Å². The molecular weight excluding hydrogens is 489 g/mol. The fraction of sp³-hybridized carbons (Fsp3) is 0.364. The molecule has 0 saturated carbocycles. The molecule has 4 rings (SSSR count). The van der Waals surface area contributed by atoms with E-state index in [4.69, 9.17) is 44.1 Å². The van der Waals surface area contributed by atoms with Gasteiger partial charge in [-0.3, -0.25) is 0 Å². The number of rotatable bonds is 6. The first-order valence-corrected chi connectivity index (χ1v) is 11.1. The van der Waals surface area contributed by atoms with E-state index in [0.717, 1.165) is 18.3 Å². The molecule has 8 nitrogen and oxygen atoms in total. The minimum Gasteiger partial charge on any atom is -0.463 e. The quantitative estimate of drug-likeness (QED) is 0.613. The normalized spacial score (nSPS) is 18.8. The highest BCUT2D eigenvalue weighted by Crippen LogP contribution is 2.27. The number of benzene rings is 2. The van der Waals surface area contributed by atoms with Crippen LogP contribution in [-0.2, 0) is 9.47 Å². The summed E-state index contributed by atoms with van der Waals surface area (Å²) in [5, 5.41) is 1.09. The summed E-state index contributed by atoms with van der Waals surface area (Å²) in [5.74, 6) is -1.19. The standard InChI is InChI=1S/C11H13Cl2N3O.C11H13F2N3O/c1-16(5-7-6-17-11(14)15-7)8-2-3-9(12)10(13)4-8;1-16(5-8-6-17-11(14)15-8)10-3-2-7(12)4-9(10)13/h2-4,7H,5-6H2,1H3,(H2,14,15);2-4,8H,5-6H2,1H3,(H2,14,15)/t7-;8-/m10/s1. The molecule has 2 aromatic carbocycles. The molecule has 2 aromatic rings. The van der Waals surface area contributed by atoms with Gasteiger partial charge in [0.25, 0.3) is 12.0 Å². The lowest BCUT2D eigenvalue weighted by molar-refractivity contribution is 0.314. The van der Waals surface area contributed by atoms with E-state index in [2.05, 4.69) is 9.98 Å². The molecule has 34 heavy (non-hydrogen) atoms. The molecule has 0 saturated heterocycles. The fourth-order valence-corrected chi connectivity index (χ4v) is 3.70. The molecule has 2 aliphatic heterocycles. The maximum atomic E-state index is 13.5. The van der Waals surface area contributed by atoms with Gasteiger partial charge in [-0.2, -0.15) is 0 Å². The third-order valence-electron chi connectivity index (χ3n) is 5.10. The van der Waals surface area contributed by atoms with Gasteiger partial charge < -0.3 is 30.7 Å². The summed E-state index contributed by atoms with van der Waals surface area (Å²) in [6.07, 6.45) is 0. The number of hydrogen-bond donors (Lipinski definition) is 2. The SMILES string of the molecule is CN(C[C@@H]1COC(N)=N1)c1ccc(Cl)c(Cl)c1.CN(C[C@H]1COC(N)=N1)c1ccc(F)cc1F. The van der Waals surface area contributed by atoms with E-state index < -0.39 is 11.6 Å². The summed E-state index contributed by atoms with van der Waals surface area (Å²) in [6.45, 7) is 2.10. The Hall–Kier alpha value is -2.98. The predicted octanol–water partition coefficient (Wildman–Crippen LogP) is 3.26. The van der Waals surface area contributed by atoms with Crippen molar-refractivity contribution in [3.63, 3.8) is 0 Å². The Labute approximate surface area is 206 Å². The van der Waals surface area contributed by atoms with E-state index in [-0.39, 0.29) is 24.1 Å². The third kappa shape index (κ3) is 7.01. The van der Waals surface area contributed by atoms with E-state index in [1.165, 1.54) is 12.1 Å². The molecule has 2 heterocycles. The molecule has 0 fully saturated rings. The molecule has 0 radical (unpaired) electrons. The van der Waals surface area contributed by atoms with E-state index in [1.54, 1.807) is 18.0 Å². The Morgan fingerprint density at radius 3 is 1.97 bits per heavy atom. The number of amidine groups is 2. The Morgan fingerprint density at radius 1 is 0.882 bits per heavy atom. The highest BCUT2D eigenvalue weighted by atomic mass is 35.5. The molecule has 0 aromatic heterocycles. The van der Waals surface area contributed by atoms with Gasteiger partial charge in [0.2, 0.25) is 0 Å². The van der Waals surface area contributed by atoms with Crippen LogP contribution < -0.4 is 21.3 Å². The molecule has 0 unspecified atom stereocenters. The van der Waals surface area contributed by atoms with Crippen LogP contribution in [0.5, 0.6) is 0 Å². The number of hydrogen-bond acceptors (Lipinski definition) is 8. The van der Waals surface area contributed by atoms with Gasteiger partial charge >= 0.3 is 0 Å². The van der Waals surface area contributed by atoms with E-state index in [9.17, 15) is 8.78 Å². The van der Waals surface area contributed by atoms with E-state index in [0.29, 0.717) is 35.5 Å². The van der Waals surface area contributed by atoms with Crippen LogP contribution in [0.25, 0.3) is 0 Å². The zero-order valence-electron chi connectivity index (χ0n) is 18.7. The van der Waals surface area contributed by atoms with Crippen molar-refractivity contribution in [3.8, 4) is 0 Å². The zero-order valence-corrected chi connectivity index (χ0v) is 20.2. The van der Waals surface area contributed by atoms with Crippen LogP contribution in [0, 0.1) is 11.6 Å². The van der Waals surface area contributed by atoms with Crippen molar-refractivity contribution in [1.29, 1.82) is 0 Å². The van der Waals surface area contributed by atoms with Crippen LogP contribution in [0.3, 0.4) is 0 Å². The maximum absolute atomic E-state index is 13.5. The Morgan fingerprint density at radius 2 is 1.47 bits per heavy atom. The molecule has 2 atom stereocenters. The summed E-state index contributed by atoms with van der Waals surface area (Å²) < 4.78 is 36.3. The molecule has 0 aliphatic carbocycles. The Kier molecular flexibility index (Phi) is 8.62. The number of nitrogens with two attached hydrogens (primary N) is 2. The number of anilines is 2. The van der Waals surface area contributed by atoms with Gasteiger partial charge in [-0.25, -0.2) is 18.8 Å². The fourth-order valence-electron chi connectivity index (χ4n) is 3.41. The van der Waals surface area contributed by atoms with E-state index >= 15 is 0 Å². The topological polar surface area (TPSA) is 102 Å². The number of aliphatic imine (C=N–C) groups is 2. The van der Waals surface area contributed by atoms with Crippen LogP contribution in [0.15, 0.2) is 46.4 Å². The summed E-state index contributed by atoms with van der Waals surface area (Å²) in [4.78, 5) is 11.9. The van der Waals surface area contributed by atoms with Gasteiger partial charge in [0.15, 0.2) is 0 Å². The highest BCUT2D eigenvalue weighted by Gasteiger charge is 2.20. The van der Waals surface area contributed by atoms with Gasteiger partial charge in [-0.15, -0.1) is 0 Å². The van der Waals surface area contributed by atoms with Crippen LogP contribution in [0.1, 0.15) is 0 Å². The first-order valence-electron chi connectivity index (χ1n) is 10.4. The Bertz CT molecular complexity index is 1070. The number of ether oxygens (including phenoxy) is 2. The van der Waals surface area contributed by atoms with Crippen molar-refractivity contribution < 1.29 is 18.3 Å². The van der Waals surface area contributed by atoms with Crippen molar-refractivity contribution in [3.05, 3.63) is 58.1 Å². The third-order valence-corrected chi connectivity index (χ3v) is 5.84. The molecule has 0 spiro atoms. The van der Waals surface area contributed by atoms with Crippen LogP contribution in [-0.4, -0.2) is 64.5 Å². The van der Waals surface area contributed by atoms with Crippen LogP contribution in [0.2, 0.25) is 10.0 Å². The lowest BCUT2D eigenvalue weighted by Crippen LogP contribution is -2.29. The second-order valence-electron chi connectivity index (χ2n) is 7.82. The summed E-state index contributed by atoms with van der Waals surface area (Å²) in [6, 6.07) is 9.35. The molecule has 12 heteroatoms. The second kappa shape index (κ2) is 11.4. The molecule has 0 amide bonds. The summed E-state index contributed by atoms with van der Waals surface area (Å²) in [7, 11) is 3.67. The van der Waals surface area contributed by atoms with Crippen LogP contribution >= 0.6 is 23.2 Å². The van der Waals surface area contributed by atoms with Gasteiger partial charge in [0.1, 0.15) is 36.9 Å². The Balaban J connectivity index is 0.000000191. The average Bonchev–Trinajstić information content (AvgIpc) is 3.37. The highest BCUT2D eigenvalue weighted by molar-refractivity contribution is 6.42. The predicted molar refractivity (Wildman–Crippen MR) is 132 cm³/mol. The van der Waals surface area contributed by atoms with E-state index in [1.807, 2.05) is 24.1 Å². The van der Waals surface area contributed by atoms with Crippen molar-refractivity contribution >= 4 is 46.6 Å². The number of nitrogens with zero attached hydrogens (tertiary/aromatic N) is 4. The molecule has 0 bridgehead atoms. The van der Waals surface area contributed by atoms with Gasteiger partial charge in [0, 0.05) is 38.9 Å². The number of likely N-dealkylation sites (N-methyl/N-ethyl adjacent to an activating group) is 2. The number of halogens is 4. The minimum absolute atomic E-state index is 0.0643. The second-order valence-corrected chi connectivity index (χ2v) is 8.63. The molecule has 184 valence electrons. The lowest BCUT2D eigenvalue weighted by Gasteiger charge is -2.21. The first-order chi connectivity index (χ1) is 16.1. The smallest absolute Gasteiger partial charge is 0.282 e. The van der Waals surface area contributed by atoms with Gasteiger partial charge in [-0.05, 0) is 30.3 Å². The first kappa shape index (κ1) is 25.6. The summed E-state index contributed by atoms with van der Waals surface area (Å²) >= 11 is 11.8. The lowest BCUT2D eigenvalue weighted by atomic mass is 10.2. The molecule has 2 aliphatic rings. The zero-order chi connectivity index (χ0) is 24.8. The minimum atomic E-state index is -0.594. The monoisotopic (exact) mass is 514 g/mol. The molecular formula is C22H26Cl2F2N6O2. The molecule has 4 N–H and O–H groups in total. The van der Waals surface area contributed by atoms with Crippen molar-refractivity contribution in [2.24, 2.45) is 21.5 Å². The van der Waals surface area contributed by atoms with Crippen LogP contribution in [0.4, 0.5) is 20.2 Å². The van der Waals surface area contributed by atoms with Crippen molar-refractivity contribution in [2.45, 2.75) is 12.1 Å². The summed E-state index contributed by atoms with van der Waals surface area (Å²) in [5.41, 5.74) is 12.1. The van der Waals surface area contributed by atoms with Gasteiger partial charge in [0.05, 0.1) is 15.7 Å². The maximum Gasteiger partial charge on any atom is 0.282 e. The van der Waals surface area contributed by atoms with Crippen molar-refractivity contribution in [1.82, 2.24) is 0 Å². The largest absolute Gasteiger partial charge is 0.463 e.